The fraction of sp³-hybridized carbons (Fsp3) is 0.133. The molecular formula is C15H10BrCl2FO2. The summed E-state index contributed by atoms with van der Waals surface area (Å²) < 4.78 is 18.7. The van der Waals surface area contributed by atoms with Gasteiger partial charge in [-0.15, -0.1) is 0 Å². The SMILES string of the molecule is COc1cc(F)c(Br)cc1C(=O)Cc1ccc(Cl)c(Cl)c1. The second kappa shape index (κ2) is 6.77. The van der Waals surface area contributed by atoms with Gasteiger partial charge in [0.05, 0.1) is 27.2 Å². The van der Waals surface area contributed by atoms with Crippen molar-refractivity contribution in [2.24, 2.45) is 0 Å². The molecule has 0 aliphatic carbocycles. The van der Waals surface area contributed by atoms with E-state index < -0.39 is 5.82 Å². The molecule has 2 aromatic rings. The Morgan fingerprint density at radius 3 is 2.57 bits per heavy atom. The zero-order chi connectivity index (χ0) is 15.6. The van der Waals surface area contributed by atoms with Crippen molar-refractivity contribution in [2.45, 2.75) is 6.42 Å². The summed E-state index contributed by atoms with van der Waals surface area (Å²) >= 11 is 14.8. The first kappa shape index (κ1) is 16.3. The molecular weight excluding hydrogens is 382 g/mol. The van der Waals surface area contributed by atoms with Crippen LogP contribution >= 0.6 is 39.1 Å². The summed E-state index contributed by atoms with van der Waals surface area (Å²) in [5.41, 5.74) is 1.02. The second-order valence-corrected chi connectivity index (χ2v) is 5.98. The minimum Gasteiger partial charge on any atom is -0.496 e. The summed E-state index contributed by atoms with van der Waals surface area (Å²) in [7, 11) is 1.39. The van der Waals surface area contributed by atoms with Gasteiger partial charge in [-0.2, -0.15) is 0 Å². The Morgan fingerprint density at radius 1 is 1.24 bits per heavy atom. The van der Waals surface area contributed by atoms with Crippen LogP contribution in [0.1, 0.15) is 15.9 Å². The van der Waals surface area contributed by atoms with Crippen LogP contribution in [-0.2, 0) is 6.42 Å². The van der Waals surface area contributed by atoms with E-state index in [0.717, 1.165) is 5.56 Å². The topological polar surface area (TPSA) is 26.3 Å². The van der Waals surface area contributed by atoms with Gasteiger partial charge in [-0.1, -0.05) is 29.3 Å². The lowest BCUT2D eigenvalue weighted by molar-refractivity contribution is 0.0990. The van der Waals surface area contributed by atoms with Gasteiger partial charge in [-0.3, -0.25) is 4.79 Å². The molecule has 0 radical (unpaired) electrons. The van der Waals surface area contributed by atoms with E-state index in [1.54, 1.807) is 18.2 Å². The summed E-state index contributed by atoms with van der Waals surface area (Å²) in [6, 6.07) is 7.56. The monoisotopic (exact) mass is 390 g/mol. The fourth-order valence-corrected chi connectivity index (χ4v) is 2.51. The molecule has 0 saturated carbocycles. The van der Waals surface area contributed by atoms with Gasteiger partial charge in [0.25, 0.3) is 0 Å². The molecule has 6 heteroatoms. The average molecular weight is 392 g/mol. The van der Waals surface area contributed by atoms with Crippen molar-refractivity contribution in [2.75, 3.05) is 7.11 Å². The number of ether oxygens (including phenoxy) is 1. The van der Waals surface area contributed by atoms with Gasteiger partial charge in [0.2, 0.25) is 0 Å². The molecule has 0 atom stereocenters. The van der Waals surface area contributed by atoms with Crippen molar-refractivity contribution in [3.05, 3.63) is 61.8 Å². The number of hydrogen-bond acceptors (Lipinski definition) is 2. The van der Waals surface area contributed by atoms with E-state index in [0.29, 0.717) is 15.6 Å². The Labute approximate surface area is 139 Å². The molecule has 0 N–H and O–H groups in total. The molecule has 0 spiro atoms. The van der Waals surface area contributed by atoms with Crippen LogP contribution in [0.2, 0.25) is 10.0 Å². The third-order valence-corrected chi connectivity index (χ3v) is 4.24. The van der Waals surface area contributed by atoms with Gasteiger partial charge in [0.1, 0.15) is 11.6 Å². The number of carbonyl (C=O) groups excluding carboxylic acids is 1. The molecule has 0 aliphatic heterocycles. The standard InChI is InChI=1S/C15H10BrCl2FO2/c1-21-15-7-13(19)10(16)6-9(15)14(20)5-8-2-3-11(17)12(18)4-8/h2-4,6-7H,5H2,1H3. The maximum Gasteiger partial charge on any atom is 0.171 e. The summed E-state index contributed by atoms with van der Waals surface area (Å²) in [6.07, 6.45) is 0.116. The van der Waals surface area contributed by atoms with Crippen molar-refractivity contribution in [3.63, 3.8) is 0 Å². The largest absolute Gasteiger partial charge is 0.496 e. The Hall–Kier alpha value is -1.10. The van der Waals surface area contributed by atoms with Crippen LogP contribution < -0.4 is 4.74 Å². The number of Topliss-reactive ketones (excluding diaryl/α,β-unsaturated/α-hetero) is 1. The van der Waals surface area contributed by atoms with Gasteiger partial charge in [0.15, 0.2) is 5.78 Å². The normalized spacial score (nSPS) is 10.5. The summed E-state index contributed by atoms with van der Waals surface area (Å²) in [4.78, 5) is 12.4. The van der Waals surface area contributed by atoms with Crippen LogP contribution in [0.25, 0.3) is 0 Å². The second-order valence-electron chi connectivity index (χ2n) is 4.32. The molecule has 0 unspecified atom stereocenters. The highest BCUT2D eigenvalue weighted by molar-refractivity contribution is 9.10. The lowest BCUT2D eigenvalue weighted by atomic mass is 10.0. The summed E-state index contributed by atoms with van der Waals surface area (Å²) in [5, 5.41) is 0.809. The van der Waals surface area contributed by atoms with E-state index >= 15 is 0 Å². The molecule has 2 aromatic carbocycles. The number of ketones is 1. The molecule has 2 nitrogen and oxygen atoms in total. The highest BCUT2D eigenvalue weighted by atomic mass is 79.9. The van der Waals surface area contributed by atoms with E-state index in [1.807, 2.05) is 0 Å². The van der Waals surface area contributed by atoms with Crippen molar-refractivity contribution in [1.82, 2.24) is 0 Å². The zero-order valence-corrected chi connectivity index (χ0v) is 14.0. The summed E-state index contributed by atoms with van der Waals surface area (Å²) in [5.74, 6) is -0.496. The average Bonchev–Trinajstić information content (AvgIpc) is 2.45. The maximum absolute atomic E-state index is 13.5. The van der Waals surface area contributed by atoms with Crippen LogP contribution in [-0.4, -0.2) is 12.9 Å². The highest BCUT2D eigenvalue weighted by Gasteiger charge is 2.16. The number of carbonyl (C=O) groups is 1. The number of benzene rings is 2. The van der Waals surface area contributed by atoms with Crippen LogP contribution in [0, 0.1) is 5.82 Å². The Kier molecular flexibility index (Phi) is 5.25. The first-order valence-corrected chi connectivity index (χ1v) is 7.47. The molecule has 21 heavy (non-hydrogen) atoms. The lowest BCUT2D eigenvalue weighted by Crippen LogP contribution is -2.06. The molecule has 2 rings (SSSR count). The first-order valence-electron chi connectivity index (χ1n) is 5.92. The van der Waals surface area contributed by atoms with Gasteiger partial charge in [-0.05, 0) is 39.7 Å². The third-order valence-electron chi connectivity index (χ3n) is 2.89. The maximum atomic E-state index is 13.5. The van der Waals surface area contributed by atoms with Gasteiger partial charge >= 0.3 is 0 Å². The van der Waals surface area contributed by atoms with Crippen LogP contribution in [0.5, 0.6) is 5.75 Å². The predicted octanol–water partition coefficient (Wildman–Crippen LogP) is 5.33. The number of hydrogen-bond donors (Lipinski definition) is 0. The Bertz CT molecular complexity index is 704. The van der Waals surface area contributed by atoms with E-state index in [4.69, 9.17) is 27.9 Å². The van der Waals surface area contributed by atoms with Crippen LogP contribution in [0.3, 0.4) is 0 Å². The third kappa shape index (κ3) is 3.76. The van der Waals surface area contributed by atoms with E-state index in [2.05, 4.69) is 15.9 Å². The molecule has 0 bridgehead atoms. The zero-order valence-electron chi connectivity index (χ0n) is 10.9. The number of methoxy groups -OCH3 is 1. The van der Waals surface area contributed by atoms with Crippen molar-refractivity contribution < 1.29 is 13.9 Å². The quantitative estimate of drug-likeness (QED) is 0.658. The first-order chi connectivity index (χ1) is 9.92. The van der Waals surface area contributed by atoms with Crippen molar-refractivity contribution in [3.8, 4) is 5.75 Å². The van der Waals surface area contributed by atoms with Gasteiger partial charge in [-0.25, -0.2) is 4.39 Å². The molecule has 0 saturated heterocycles. The summed E-state index contributed by atoms with van der Waals surface area (Å²) in [6.45, 7) is 0. The van der Waals surface area contributed by atoms with E-state index in [9.17, 15) is 9.18 Å². The van der Waals surface area contributed by atoms with Crippen LogP contribution in [0.15, 0.2) is 34.8 Å². The Balaban J connectivity index is 2.31. The van der Waals surface area contributed by atoms with Crippen molar-refractivity contribution in [1.29, 1.82) is 0 Å². The molecule has 0 amide bonds. The number of halogens is 4. The lowest BCUT2D eigenvalue weighted by Gasteiger charge is -2.09. The predicted molar refractivity (Wildman–Crippen MR) is 85.1 cm³/mol. The minimum absolute atomic E-state index is 0.116. The minimum atomic E-state index is -0.488. The molecule has 0 aliphatic rings. The van der Waals surface area contributed by atoms with Gasteiger partial charge < -0.3 is 4.74 Å². The van der Waals surface area contributed by atoms with E-state index in [-0.39, 0.29) is 22.4 Å². The molecule has 0 fully saturated rings. The Morgan fingerprint density at radius 2 is 1.95 bits per heavy atom. The highest BCUT2D eigenvalue weighted by Crippen LogP contribution is 2.28. The smallest absolute Gasteiger partial charge is 0.171 e. The van der Waals surface area contributed by atoms with Gasteiger partial charge in [0, 0.05) is 12.5 Å². The van der Waals surface area contributed by atoms with Crippen LogP contribution in [0.4, 0.5) is 4.39 Å². The van der Waals surface area contributed by atoms with E-state index in [1.165, 1.54) is 19.2 Å². The molecule has 110 valence electrons. The molecule has 0 aromatic heterocycles. The number of rotatable bonds is 4. The van der Waals surface area contributed by atoms with Crippen molar-refractivity contribution >= 4 is 44.9 Å². The molecule has 0 heterocycles. The fourth-order valence-electron chi connectivity index (χ4n) is 1.85.